The van der Waals surface area contributed by atoms with Crippen molar-refractivity contribution in [1.82, 2.24) is 9.97 Å². The van der Waals surface area contributed by atoms with E-state index in [9.17, 15) is 4.79 Å². The Labute approximate surface area is 153 Å². The molecular formula is C19H23ClN4O. The van der Waals surface area contributed by atoms with Gasteiger partial charge < -0.3 is 10.2 Å². The Morgan fingerprint density at radius 1 is 1.32 bits per heavy atom. The second-order valence-corrected chi connectivity index (χ2v) is 6.72. The molecular weight excluding hydrogens is 336 g/mol. The number of nitrogens with one attached hydrogen (secondary N) is 1. The number of nitrogens with zero attached hydrogens (tertiary/aromatic N) is 3. The van der Waals surface area contributed by atoms with Gasteiger partial charge in [-0.3, -0.25) is 4.79 Å². The molecule has 1 amide bonds. The number of benzene rings is 1. The van der Waals surface area contributed by atoms with Crippen molar-refractivity contribution in [2.45, 2.75) is 33.1 Å². The standard InChI is InChI=1S/C19H23ClN4O/c1-3-16-17(20)21-13(2)22-18(16)24-11-7-8-14(12-24)19(25)23-15-9-5-4-6-10-15/h4-6,9-10,14H,3,7-8,11-12H2,1-2H3,(H,23,25). The summed E-state index contributed by atoms with van der Waals surface area (Å²) in [5.74, 6) is 1.53. The number of halogens is 1. The van der Waals surface area contributed by atoms with Gasteiger partial charge in [-0.25, -0.2) is 9.97 Å². The molecule has 0 aliphatic carbocycles. The maximum atomic E-state index is 12.6. The molecule has 1 aromatic carbocycles. The molecule has 2 heterocycles. The Hall–Kier alpha value is -2.14. The Morgan fingerprint density at radius 3 is 2.80 bits per heavy atom. The Morgan fingerprint density at radius 2 is 2.08 bits per heavy atom. The van der Waals surface area contributed by atoms with E-state index in [2.05, 4.69) is 20.2 Å². The average Bonchev–Trinajstić information content (AvgIpc) is 2.62. The van der Waals surface area contributed by atoms with E-state index in [0.717, 1.165) is 42.9 Å². The van der Waals surface area contributed by atoms with E-state index in [-0.39, 0.29) is 11.8 Å². The highest BCUT2D eigenvalue weighted by Gasteiger charge is 2.28. The molecule has 1 aliphatic heterocycles. The van der Waals surface area contributed by atoms with Crippen LogP contribution in [-0.2, 0) is 11.2 Å². The minimum atomic E-state index is -0.0623. The van der Waals surface area contributed by atoms with Crippen LogP contribution < -0.4 is 10.2 Å². The fraction of sp³-hybridized carbons (Fsp3) is 0.421. The number of amides is 1. The van der Waals surface area contributed by atoms with Crippen LogP contribution in [0.3, 0.4) is 0 Å². The lowest BCUT2D eigenvalue weighted by molar-refractivity contribution is -0.120. The topological polar surface area (TPSA) is 58.1 Å². The molecule has 1 aromatic heterocycles. The molecule has 3 rings (SSSR count). The maximum absolute atomic E-state index is 12.6. The Balaban J connectivity index is 1.76. The highest BCUT2D eigenvalue weighted by molar-refractivity contribution is 6.30. The lowest BCUT2D eigenvalue weighted by Gasteiger charge is -2.34. The van der Waals surface area contributed by atoms with Crippen LogP contribution in [0.2, 0.25) is 5.15 Å². The number of hydrogen-bond donors (Lipinski definition) is 1. The largest absolute Gasteiger partial charge is 0.355 e. The van der Waals surface area contributed by atoms with Crippen molar-refractivity contribution in [1.29, 1.82) is 0 Å². The monoisotopic (exact) mass is 358 g/mol. The summed E-state index contributed by atoms with van der Waals surface area (Å²) in [5, 5.41) is 3.53. The molecule has 25 heavy (non-hydrogen) atoms. The molecule has 0 spiro atoms. The molecule has 132 valence electrons. The number of rotatable bonds is 4. The van der Waals surface area contributed by atoms with Gasteiger partial charge in [-0.15, -0.1) is 0 Å². The summed E-state index contributed by atoms with van der Waals surface area (Å²) >= 11 is 6.30. The molecule has 1 N–H and O–H groups in total. The number of para-hydroxylation sites is 1. The number of aryl methyl sites for hydroxylation is 1. The summed E-state index contributed by atoms with van der Waals surface area (Å²) in [6, 6.07) is 9.58. The molecule has 6 heteroatoms. The minimum absolute atomic E-state index is 0.0609. The number of aromatic nitrogens is 2. The van der Waals surface area contributed by atoms with Gasteiger partial charge >= 0.3 is 0 Å². The van der Waals surface area contributed by atoms with Crippen LogP contribution in [0.4, 0.5) is 11.5 Å². The number of anilines is 2. The number of piperidine rings is 1. The van der Waals surface area contributed by atoms with Crippen molar-refractivity contribution in [3.05, 3.63) is 46.9 Å². The summed E-state index contributed by atoms with van der Waals surface area (Å²) in [6.07, 6.45) is 2.61. The molecule has 0 bridgehead atoms. The van der Waals surface area contributed by atoms with Crippen molar-refractivity contribution in [2.75, 3.05) is 23.3 Å². The summed E-state index contributed by atoms with van der Waals surface area (Å²) < 4.78 is 0. The average molecular weight is 359 g/mol. The quantitative estimate of drug-likeness (QED) is 0.843. The van der Waals surface area contributed by atoms with Crippen LogP contribution in [0.15, 0.2) is 30.3 Å². The fourth-order valence-corrected chi connectivity index (χ4v) is 3.60. The zero-order valence-corrected chi connectivity index (χ0v) is 15.4. The van der Waals surface area contributed by atoms with Crippen molar-refractivity contribution in [2.24, 2.45) is 5.92 Å². The molecule has 1 atom stereocenters. The molecule has 1 saturated heterocycles. The summed E-state index contributed by atoms with van der Waals surface area (Å²) in [6.45, 7) is 5.43. The van der Waals surface area contributed by atoms with E-state index in [1.54, 1.807) is 0 Å². The maximum Gasteiger partial charge on any atom is 0.229 e. The summed E-state index contributed by atoms with van der Waals surface area (Å²) in [7, 11) is 0. The van der Waals surface area contributed by atoms with Crippen LogP contribution in [0, 0.1) is 12.8 Å². The third-order valence-electron chi connectivity index (χ3n) is 4.53. The molecule has 1 unspecified atom stereocenters. The van der Waals surface area contributed by atoms with Gasteiger partial charge in [0.25, 0.3) is 0 Å². The van der Waals surface area contributed by atoms with E-state index >= 15 is 0 Å². The smallest absolute Gasteiger partial charge is 0.229 e. The first-order valence-electron chi connectivity index (χ1n) is 8.72. The summed E-state index contributed by atoms with van der Waals surface area (Å²) in [4.78, 5) is 23.7. The molecule has 5 nitrogen and oxygen atoms in total. The zero-order valence-electron chi connectivity index (χ0n) is 14.6. The number of carbonyl (C=O) groups is 1. The molecule has 1 fully saturated rings. The van der Waals surface area contributed by atoms with E-state index < -0.39 is 0 Å². The van der Waals surface area contributed by atoms with Gasteiger partial charge in [-0.05, 0) is 38.3 Å². The van der Waals surface area contributed by atoms with Crippen LogP contribution in [0.5, 0.6) is 0 Å². The third kappa shape index (κ3) is 4.10. The van der Waals surface area contributed by atoms with Crippen molar-refractivity contribution < 1.29 is 4.79 Å². The van der Waals surface area contributed by atoms with E-state index in [4.69, 9.17) is 11.6 Å². The van der Waals surface area contributed by atoms with Crippen LogP contribution in [-0.4, -0.2) is 29.0 Å². The normalized spacial score (nSPS) is 17.4. The van der Waals surface area contributed by atoms with Crippen molar-refractivity contribution in [3.63, 3.8) is 0 Å². The van der Waals surface area contributed by atoms with E-state index in [1.807, 2.05) is 44.2 Å². The van der Waals surface area contributed by atoms with Crippen molar-refractivity contribution >= 4 is 29.0 Å². The molecule has 1 aliphatic rings. The Kier molecular flexibility index (Phi) is 5.53. The van der Waals surface area contributed by atoms with Gasteiger partial charge in [-0.2, -0.15) is 0 Å². The Bertz CT molecular complexity index is 751. The van der Waals surface area contributed by atoms with E-state index in [1.165, 1.54) is 0 Å². The lowest BCUT2D eigenvalue weighted by atomic mass is 9.96. The van der Waals surface area contributed by atoms with Gasteiger partial charge in [0.05, 0.1) is 5.92 Å². The minimum Gasteiger partial charge on any atom is -0.355 e. The van der Waals surface area contributed by atoms with Gasteiger partial charge in [0.1, 0.15) is 16.8 Å². The van der Waals surface area contributed by atoms with Gasteiger partial charge in [-0.1, -0.05) is 36.7 Å². The second kappa shape index (κ2) is 7.83. The highest BCUT2D eigenvalue weighted by atomic mass is 35.5. The second-order valence-electron chi connectivity index (χ2n) is 6.36. The fourth-order valence-electron chi connectivity index (χ4n) is 3.26. The third-order valence-corrected chi connectivity index (χ3v) is 4.85. The van der Waals surface area contributed by atoms with Crippen molar-refractivity contribution in [3.8, 4) is 0 Å². The van der Waals surface area contributed by atoms with Crippen LogP contribution in [0.1, 0.15) is 31.2 Å². The molecule has 0 radical (unpaired) electrons. The first-order valence-corrected chi connectivity index (χ1v) is 9.10. The van der Waals surface area contributed by atoms with Crippen LogP contribution >= 0.6 is 11.6 Å². The van der Waals surface area contributed by atoms with Gasteiger partial charge in [0, 0.05) is 24.3 Å². The first kappa shape index (κ1) is 17.7. The van der Waals surface area contributed by atoms with Gasteiger partial charge in [0.2, 0.25) is 5.91 Å². The van der Waals surface area contributed by atoms with E-state index in [0.29, 0.717) is 17.5 Å². The first-order chi connectivity index (χ1) is 12.1. The lowest BCUT2D eigenvalue weighted by Crippen LogP contribution is -2.41. The SMILES string of the molecule is CCc1c(Cl)nc(C)nc1N1CCCC(C(=O)Nc2ccccc2)C1. The zero-order chi connectivity index (χ0) is 17.8. The van der Waals surface area contributed by atoms with Gasteiger partial charge in [0.15, 0.2) is 0 Å². The highest BCUT2D eigenvalue weighted by Crippen LogP contribution is 2.29. The summed E-state index contributed by atoms with van der Waals surface area (Å²) in [5.41, 5.74) is 1.79. The molecule has 0 saturated carbocycles. The number of hydrogen-bond acceptors (Lipinski definition) is 4. The molecule has 2 aromatic rings. The predicted octanol–water partition coefficient (Wildman–Crippen LogP) is 3.86. The predicted molar refractivity (Wildman–Crippen MR) is 101 cm³/mol. The number of carbonyl (C=O) groups excluding carboxylic acids is 1. The van der Waals surface area contributed by atoms with Crippen LogP contribution in [0.25, 0.3) is 0 Å².